The van der Waals surface area contributed by atoms with E-state index in [1.165, 1.54) is 12.1 Å². The summed E-state index contributed by atoms with van der Waals surface area (Å²) in [5, 5.41) is 8.95. The zero-order valence-electron chi connectivity index (χ0n) is 10.1. The monoisotopic (exact) mass is 236 g/mol. The molecule has 0 bridgehead atoms. The first-order chi connectivity index (χ1) is 7.93. The highest BCUT2D eigenvalue weighted by atomic mass is 16.5. The molecule has 0 aliphatic rings. The second-order valence-electron chi connectivity index (χ2n) is 4.21. The van der Waals surface area contributed by atoms with Gasteiger partial charge in [-0.2, -0.15) is 0 Å². The maximum Gasteiger partial charge on any atom is 0.339 e. The van der Waals surface area contributed by atoms with Gasteiger partial charge in [0.2, 0.25) is 0 Å². The summed E-state index contributed by atoms with van der Waals surface area (Å²) in [6, 6.07) is 6.03. The van der Waals surface area contributed by atoms with Gasteiger partial charge in [-0.25, -0.2) is 9.59 Å². The second kappa shape index (κ2) is 5.48. The fourth-order valence-electron chi connectivity index (χ4n) is 1.22. The van der Waals surface area contributed by atoms with Crippen LogP contribution in [0.15, 0.2) is 24.3 Å². The van der Waals surface area contributed by atoms with Crippen LogP contribution in [0.25, 0.3) is 0 Å². The van der Waals surface area contributed by atoms with Crippen LogP contribution in [-0.2, 0) is 4.74 Å². The molecular weight excluding hydrogens is 220 g/mol. The summed E-state index contributed by atoms with van der Waals surface area (Å²) in [5.74, 6) is -1.53. The minimum Gasteiger partial charge on any atom is -0.478 e. The molecule has 0 aliphatic heterocycles. The average Bonchev–Trinajstić information content (AvgIpc) is 2.28. The van der Waals surface area contributed by atoms with E-state index in [2.05, 4.69) is 0 Å². The Kier molecular flexibility index (Phi) is 4.26. The van der Waals surface area contributed by atoms with Crippen LogP contribution >= 0.6 is 0 Å². The van der Waals surface area contributed by atoms with Gasteiger partial charge < -0.3 is 9.84 Å². The average molecular weight is 236 g/mol. The quantitative estimate of drug-likeness (QED) is 0.816. The molecule has 0 spiro atoms. The number of hydrogen-bond donors (Lipinski definition) is 1. The van der Waals surface area contributed by atoms with Crippen molar-refractivity contribution >= 4 is 11.9 Å². The summed E-state index contributed by atoms with van der Waals surface area (Å²) in [7, 11) is 0. The molecule has 1 aromatic rings. The van der Waals surface area contributed by atoms with Crippen LogP contribution in [0.3, 0.4) is 0 Å². The molecule has 0 saturated heterocycles. The van der Waals surface area contributed by atoms with Crippen LogP contribution in [0.2, 0.25) is 0 Å². The number of esters is 1. The molecule has 17 heavy (non-hydrogen) atoms. The summed E-state index contributed by atoms with van der Waals surface area (Å²) in [6.45, 7) is 5.65. The van der Waals surface area contributed by atoms with Crippen molar-refractivity contribution in [1.82, 2.24) is 0 Å². The van der Waals surface area contributed by atoms with Gasteiger partial charge in [-0.05, 0) is 25.0 Å². The molecule has 0 radical (unpaired) electrons. The number of carbonyl (C=O) groups excluding carboxylic acids is 1. The molecule has 4 heteroatoms. The van der Waals surface area contributed by atoms with Crippen molar-refractivity contribution in [1.29, 1.82) is 0 Å². The third-order valence-corrected chi connectivity index (χ3v) is 2.61. The van der Waals surface area contributed by atoms with Crippen LogP contribution in [0.1, 0.15) is 41.5 Å². The molecular formula is C13H16O4. The normalized spacial score (nSPS) is 12.2. The standard InChI is InChI=1S/C13H16O4/c1-8(2)9(3)17-13(16)11-7-5-4-6-10(11)12(14)15/h4-9H,1-3H3,(H,14,15)/t9-/m1/s1. The van der Waals surface area contributed by atoms with Gasteiger partial charge in [-0.1, -0.05) is 26.0 Å². The van der Waals surface area contributed by atoms with Crippen LogP contribution in [0.5, 0.6) is 0 Å². The molecule has 0 unspecified atom stereocenters. The van der Waals surface area contributed by atoms with Gasteiger partial charge in [0.15, 0.2) is 0 Å². The predicted molar refractivity (Wildman–Crippen MR) is 63.1 cm³/mol. The minimum absolute atomic E-state index is 0.0338. The maximum absolute atomic E-state index is 11.8. The Bertz CT molecular complexity index is 423. The number of aromatic carboxylic acids is 1. The van der Waals surface area contributed by atoms with E-state index in [0.29, 0.717) is 0 Å². The highest BCUT2D eigenvalue weighted by Gasteiger charge is 2.20. The van der Waals surface area contributed by atoms with E-state index in [1.54, 1.807) is 19.1 Å². The Hall–Kier alpha value is -1.84. The molecule has 0 saturated carbocycles. The lowest BCUT2D eigenvalue weighted by Gasteiger charge is -2.17. The van der Waals surface area contributed by atoms with E-state index >= 15 is 0 Å². The van der Waals surface area contributed by atoms with Crippen molar-refractivity contribution in [2.24, 2.45) is 5.92 Å². The summed E-state index contributed by atoms with van der Waals surface area (Å²) < 4.78 is 5.19. The number of ether oxygens (including phenoxy) is 1. The Labute approximate surface area is 100 Å². The molecule has 0 aromatic heterocycles. The van der Waals surface area contributed by atoms with Crippen molar-refractivity contribution < 1.29 is 19.4 Å². The molecule has 92 valence electrons. The van der Waals surface area contributed by atoms with E-state index in [9.17, 15) is 9.59 Å². The Morgan fingerprint density at radius 1 is 1.12 bits per heavy atom. The fourth-order valence-corrected chi connectivity index (χ4v) is 1.22. The molecule has 0 fully saturated rings. The zero-order chi connectivity index (χ0) is 13.0. The van der Waals surface area contributed by atoms with E-state index in [0.717, 1.165) is 0 Å². The smallest absolute Gasteiger partial charge is 0.339 e. The van der Waals surface area contributed by atoms with E-state index in [1.807, 2.05) is 13.8 Å². The summed E-state index contributed by atoms with van der Waals surface area (Å²) >= 11 is 0. The number of carbonyl (C=O) groups is 2. The molecule has 1 rings (SSSR count). The number of carboxylic acids is 1. The van der Waals surface area contributed by atoms with Crippen molar-refractivity contribution in [3.63, 3.8) is 0 Å². The van der Waals surface area contributed by atoms with Gasteiger partial charge in [-0.15, -0.1) is 0 Å². The SMILES string of the molecule is CC(C)[C@@H](C)OC(=O)c1ccccc1C(=O)O. The van der Waals surface area contributed by atoms with Gasteiger partial charge in [0.1, 0.15) is 6.10 Å². The third kappa shape index (κ3) is 3.31. The number of rotatable bonds is 4. The van der Waals surface area contributed by atoms with Crippen LogP contribution in [0.4, 0.5) is 0 Å². The van der Waals surface area contributed by atoms with Crippen LogP contribution in [0, 0.1) is 5.92 Å². The molecule has 1 aromatic carbocycles. The topological polar surface area (TPSA) is 63.6 Å². The van der Waals surface area contributed by atoms with Gasteiger partial charge in [-0.3, -0.25) is 0 Å². The van der Waals surface area contributed by atoms with Gasteiger partial charge in [0, 0.05) is 0 Å². The molecule has 4 nitrogen and oxygen atoms in total. The van der Waals surface area contributed by atoms with Crippen molar-refractivity contribution in [2.45, 2.75) is 26.9 Å². The first-order valence-electron chi connectivity index (χ1n) is 5.46. The lowest BCUT2D eigenvalue weighted by molar-refractivity contribution is 0.0233. The molecule has 1 N–H and O–H groups in total. The number of benzene rings is 1. The van der Waals surface area contributed by atoms with E-state index in [-0.39, 0.29) is 23.1 Å². The summed E-state index contributed by atoms with van der Waals surface area (Å²) in [5.41, 5.74) is 0.0564. The lowest BCUT2D eigenvalue weighted by atomic mass is 10.1. The molecule has 0 aliphatic carbocycles. The van der Waals surface area contributed by atoms with Crippen LogP contribution < -0.4 is 0 Å². The first-order valence-corrected chi connectivity index (χ1v) is 5.46. The molecule has 0 amide bonds. The van der Waals surface area contributed by atoms with Crippen molar-refractivity contribution in [3.8, 4) is 0 Å². The van der Waals surface area contributed by atoms with E-state index in [4.69, 9.17) is 9.84 Å². The third-order valence-electron chi connectivity index (χ3n) is 2.61. The highest BCUT2D eigenvalue weighted by Crippen LogP contribution is 2.14. The maximum atomic E-state index is 11.8. The van der Waals surface area contributed by atoms with Gasteiger partial charge >= 0.3 is 11.9 Å². The lowest BCUT2D eigenvalue weighted by Crippen LogP contribution is -2.21. The van der Waals surface area contributed by atoms with Gasteiger partial charge in [0.25, 0.3) is 0 Å². The Balaban J connectivity index is 2.93. The predicted octanol–water partition coefficient (Wildman–Crippen LogP) is 2.59. The van der Waals surface area contributed by atoms with Crippen molar-refractivity contribution in [3.05, 3.63) is 35.4 Å². The number of hydrogen-bond acceptors (Lipinski definition) is 3. The zero-order valence-corrected chi connectivity index (χ0v) is 10.1. The van der Waals surface area contributed by atoms with Crippen molar-refractivity contribution in [2.75, 3.05) is 0 Å². The summed E-state index contributed by atoms with van der Waals surface area (Å²) in [4.78, 5) is 22.7. The highest BCUT2D eigenvalue weighted by molar-refractivity contribution is 6.02. The summed E-state index contributed by atoms with van der Waals surface area (Å²) in [6.07, 6.45) is -0.246. The van der Waals surface area contributed by atoms with E-state index < -0.39 is 11.9 Å². The Morgan fingerprint density at radius 3 is 2.12 bits per heavy atom. The Morgan fingerprint density at radius 2 is 1.65 bits per heavy atom. The van der Waals surface area contributed by atoms with Gasteiger partial charge in [0.05, 0.1) is 11.1 Å². The molecule has 0 heterocycles. The second-order valence-corrected chi connectivity index (χ2v) is 4.21. The largest absolute Gasteiger partial charge is 0.478 e. The molecule has 1 atom stereocenters. The van der Waals surface area contributed by atoms with Crippen LogP contribution in [-0.4, -0.2) is 23.1 Å². The first kappa shape index (κ1) is 13.2. The minimum atomic E-state index is -1.13. The fraction of sp³-hybridized carbons (Fsp3) is 0.385. The number of carboxylic acid groups (broad SMARTS) is 1.